The number of fused-ring (bicyclic) bond motifs is 1. The number of nitrogens with zero attached hydrogens (tertiary/aromatic N) is 1. The summed E-state index contributed by atoms with van der Waals surface area (Å²) in [5.74, 6) is 2.75. The van der Waals surface area contributed by atoms with E-state index in [0.717, 1.165) is 19.0 Å². The average Bonchev–Trinajstić information content (AvgIpc) is 2.52. The quantitative estimate of drug-likeness (QED) is 0.754. The maximum atomic E-state index is 10.3. The minimum atomic E-state index is -0.376. The lowest BCUT2D eigenvalue weighted by Gasteiger charge is -2.56. The van der Waals surface area contributed by atoms with Crippen molar-refractivity contribution in [2.75, 3.05) is 32.1 Å². The van der Waals surface area contributed by atoms with Crippen LogP contribution in [0.3, 0.4) is 0 Å². The Bertz CT molecular complexity index is 451. The maximum Gasteiger partial charge on any atom is 0.0900 e. The molecule has 0 amide bonds. The van der Waals surface area contributed by atoms with E-state index in [0.29, 0.717) is 35.8 Å². The number of allylic oxidation sites excluding steroid dienone is 1. The van der Waals surface area contributed by atoms with Gasteiger partial charge in [0.05, 0.1) is 19.3 Å². The number of rotatable bonds is 6. The Kier molecular flexibility index (Phi) is 5.46. The van der Waals surface area contributed by atoms with Gasteiger partial charge in [-0.1, -0.05) is 26.8 Å². The van der Waals surface area contributed by atoms with Crippen LogP contribution in [0, 0.1) is 17.3 Å². The van der Waals surface area contributed by atoms with Gasteiger partial charge in [-0.2, -0.15) is 11.8 Å². The molecule has 0 spiro atoms. The molecule has 2 fully saturated rings. The van der Waals surface area contributed by atoms with Crippen LogP contribution in [0.15, 0.2) is 11.6 Å². The van der Waals surface area contributed by atoms with Crippen molar-refractivity contribution < 1.29 is 9.84 Å². The predicted octanol–water partition coefficient (Wildman–Crippen LogP) is 3.18. The number of ether oxygens (including phenoxy) is 1. The molecule has 5 atom stereocenters. The second kappa shape index (κ2) is 7.07. The van der Waals surface area contributed by atoms with Crippen LogP contribution in [0.1, 0.15) is 40.5 Å². The van der Waals surface area contributed by atoms with Gasteiger partial charge in [0.1, 0.15) is 0 Å². The van der Waals surface area contributed by atoms with Crippen molar-refractivity contribution in [3.05, 3.63) is 11.6 Å². The zero-order valence-electron chi connectivity index (χ0n) is 15.1. The summed E-state index contributed by atoms with van der Waals surface area (Å²) in [6.07, 6.45) is 4.57. The molecule has 3 aliphatic carbocycles. The molecule has 23 heavy (non-hydrogen) atoms. The zero-order chi connectivity index (χ0) is 16.6. The first kappa shape index (κ1) is 17.8. The molecule has 0 unspecified atom stereocenters. The smallest absolute Gasteiger partial charge is 0.0900 e. The molecule has 1 saturated carbocycles. The normalized spacial score (nSPS) is 37.9. The fraction of sp³-hybridized carbons (Fsp3) is 0.895. The molecule has 132 valence electrons. The Morgan fingerprint density at radius 3 is 2.91 bits per heavy atom. The fourth-order valence-electron chi connectivity index (χ4n) is 4.53. The van der Waals surface area contributed by atoms with Crippen LogP contribution in [-0.2, 0) is 4.74 Å². The van der Waals surface area contributed by atoms with E-state index in [4.69, 9.17) is 4.74 Å². The molecule has 4 aliphatic rings. The number of aliphatic hydroxyl groups excluding tert-OH is 1. The molecule has 2 bridgehead atoms. The molecule has 0 aromatic heterocycles. The van der Waals surface area contributed by atoms with Gasteiger partial charge in [0, 0.05) is 30.1 Å². The summed E-state index contributed by atoms with van der Waals surface area (Å²) < 4.78 is 5.88. The standard InChI is InChI=1S/C19H33NO2S/c1-13-14(2)23-8-7-20(13)10-17(21)12-22-11-15-5-6-16-9-18(15)19(16,3)4/h5,13-14,16-18,21H,6-12H2,1-4H3/t13-,14-,16-,17-,18+/m0/s1. The summed E-state index contributed by atoms with van der Waals surface area (Å²) in [7, 11) is 0. The highest BCUT2D eigenvalue weighted by atomic mass is 32.2. The molecule has 0 aromatic rings. The van der Waals surface area contributed by atoms with Crippen molar-refractivity contribution >= 4 is 11.8 Å². The summed E-state index contributed by atoms with van der Waals surface area (Å²) in [5, 5.41) is 11.0. The zero-order valence-corrected chi connectivity index (χ0v) is 15.9. The Morgan fingerprint density at radius 1 is 1.43 bits per heavy atom. The van der Waals surface area contributed by atoms with E-state index in [1.807, 2.05) is 11.8 Å². The van der Waals surface area contributed by atoms with Gasteiger partial charge in [0.25, 0.3) is 0 Å². The van der Waals surface area contributed by atoms with E-state index >= 15 is 0 Å². The molecular formula is C19H33NO2S. The van der Waals surface area contributed by atoms with Gasteiger partial charge in [-0.25, -0.2) is 0 Å². The first-order valence-corrected chi connectivity index (χ1v) is 10.2. The first-order valence-electron chi connectivity index (χ1n) is 9.20. The second-order valence-corrected chi connectivity index (χ2v) is 9.79. The summed E-state index contributed by atoms with van der Waals surface area (Å²) >= 11 is 2.04. The molecule has 3 nitrogen and oxygen atoms in total. The van der Waals surface area contributed by atoms with Crippen LogP contribution in [0.25, 0.3) is 0 Å². The van der Waals surface area contributed by atoms with Crippen molar-refractivity contribution in [2.45, 2.75) is 57.9 Å². The van der Waals surface area contributed by atoms with Crippen molar-refractivity contribution in [3.63, 3.8) is 0 Å². The Labute approximate surface area is 145 Å². The molecule has 1 N–H and O–H groups in total. The van der Waals surface area contributed by atoms with Crippen molar-refractivity contribution in [1.82, 2.24) is 4.90 Å². The minimum Gasteiger partial charge on any atom is -0.389 e. The highest BCUT2D eigenvalue weighted by molar-refractivity contribution is 8.00. The maximum absolute atomic E-state index is 10.3. The summed E-state index contributed by atoms with van der Waals surface area (Å²) in [5.41, 5.74) is 1.93. The van der Waals surface area contributed by atoms with Crippen LogP contribution < -0.4 is 0 Å². The van der Waals surface area contributed by atoms with Gasteiger partial charge in [0.15, 0.2) is 0 Å². The van der Waals surface area contributed by atoms with E-state index in [2.05, 4.69) is 38.7 Å². The Balaban J connectivity index is 1.40. The highest BCUT2D eigenvalue weighted by Gasteiger charge is 2.50. The second-order valence-electron chi connectivity index (χ2n) is 8.30. The molecule has 0 radical (unpaired) electrons. The molecule has 4 rings (SSSR count). The van der Waals surface area contributed by atoms with Crippen molar-refractivity contribution in [3.8, 4) is 0 Å². The third kappa shape index (κ3) is 3.65. The van der Waals surface area contributed by atoms with E-state index in [9.17, 15) is 5.11 Å². The van der Waals surface area contributed by atoms with E-state index < -0.39 is 0 Å². The third-order valence-electron chi connectivity index (χ3n) is 6.62. The van der Waals surface area contributed by atoms with E-state index in [1.165, 1.54) is 24.2 Å². The molecule has 4 heteroatoms. The van der Waals surface area contributed by atoms with Gasteiger partial charge in [-0.05, 0) is 42.6 Å². The van der Waals surface area contributed by atoms with E-state index in [-0.39, 0.29) is 6.10 Å². The van der Waals surface area contributed by atoms with Crippen LogP contribution in [-0.4, -0.2) is 59.5 Å². The van der Waals surface area contributed by atoms with Crippen molar-refractivity contribution in [2.24, 2.45) is 17.3 Å². The average molecular weight is 340 g/mol. The first-order chi connectivity index (χ1) is 10.9. The number of hydrogen-bond acceptors (Lipinski definition) is 4. The lowest BCUT2D eigenvalue weighted by molar-refractivity contribution is -0.0271. The molecule has 1 aliphatic heterocycles. The molecular weight excluding hydrogens is 306 g/mol. The minimum absolute atomic E-state index is 0.376. The van der Waals surface area contributed by atoms with Gasteiger partial charge in [-0.15, -0.1) is 0 Å². The van der Waals surface area contributed by atoms with E-state index in [1.54, 1.807) is 0 Å². The van der Waals surface area contributed by atoms with Gasteiger partial charge >= 0.3 is 0 Å². The van der Waals surface area contributed by atoms with Crippen LogP contribution >= 0.6 is 11.8 Å². The summed E-state index contributed by atoms with van der Waals surface area (Å²) in [6, 6.07) is 0.539. The topological polar surface area (TPSA) is 32.7 Å². The Morgan fingerprint density at radius 2 is 2.22 bits per heavy atom. The highest BCUT2D eigenvalue weighted by Crippen LogP contribution is 2.59. The molecule has 0 aromatic carbocycles. The monoisotopic (exact) mass is 339 g/mol. The van der Waals surface area contributed by atoms with Crippen molar-refractivity contribution in [1.29, 1.82) is 0 Å². The number of hydrogen-bond donors (Lipinski definition) is 1. The van der Waals surface area contributed by atoms with Crippen LogP contribution in [0.2, 0.25) is 0 Å². The summed E-state index contributed by atoms with van der Waals surface area (Å²) in [6.45, 7) is 12.3. The molecule has 1 saturated heterocycles. The molecule has 1 heterocycles. The third-order valence-corrected chi connectivity index (χ3v) is 7.96. The fourth-order valence-corrected chi connectivity index (χ4v) is 5.69. The largest absolute Gasteiger partial charge is 0.389 e. The summed E-state index contributed by atoms with van der Waals surface area (Å²) in [4.78, 5) is 2.41. The lowest BCUT2D eigenvalue weighted by Crippen LogP contribution is -2.49. The van der Waals surface area contributed by atoms with Gasteiger partial charge < -0.3 is 9.84 Å². The van der Waals surface area contributed by atoms with Crippen LogP contribution in [0.4, 0.5) is 0 Å². The van der Waals surface area contributed by atoms with Crippen LogP contribution in [0.5, 0.6) is 0 Å². The van der Waals surface area contributed by atoms with Gasteiger partial charge in [0.2, 0.25) is 0 Å². The predicted molar refractivity (Wildman–Crippen MR) is 97.9 cm³/mol. The number of thioether (sulfide) groups is 1. The SMILES string of the molecule is C[C@@H]1SCCN(C[C@H](O)COCC2=CC[C@H]3C[C@H]2C3(C)C)[C@H]1C. The lowest BCUT2D eigenvalue weighted by atomic mass is 9.49. The van der Waals surface area contributed by atoms with Gasteiger partial charge in [-0.3, -0.25) is 4.90 Å². The number of β-amino-alcohol motifs (C(OH)–C–C–N with tert-alkyl or cyclic N) is 1. The number of aliphatic hydroxyl groups is 1. The Hall–Kier alpha value is -0.0300.